The molecule has 2 N–H and O–H groups in total. The fourth-order valence-corrected chi connectivity index (χ4v) is 3.70. The van der Waals surface area contributed by atoms with Gasteiger partial charge in [0.15, 0.2) is 11.5 Å². The number of aromatic nitrogens is 4. The van der Waals surface area contributed by atoms with Gasteiger partial charge in [-0.3, -0.25) is 9.59 Å². The van der Waals surface area contributed by atoms with E-state index < -0.39 is 0 Å². The normalized spacial score (nSPS) is 20.8. The van der Waals surface area contributed by atoms with Crippen LogP contribution in [0.15, 0.2) is 12.1 Å². The van der Waals surface area contributed by atoms with Crippen LogP contribution in [0.3, 0.4) is 0 Å². The molecule has 2 aromatic rings. The van der Waals surface area contributed by atoms with E-state index in [9.17, 15) is 9.59 Å². The van der Waals surface area contributed by atoms with Crippen LogP contribution in [0.2, 0.25) is 0 Å². The van der Waals surface area contributed by atoms with Gasteiger partial charge in [-0.2, -0.15) is 4.52 Å². The number of carbonyl (C=O) groups is 2. The molecular weight excluding hydrogens is 358 g/mol. The first-order chi connectivity index (χ1) is 13.3. The third-order valence-corrected chi connectivity index (χ3v) is 5.38. The van der Waals surface area contributed by atoms with Crippen LogP contribution >= 0.6 is 0 Å². The summed E-state index contributed by atoms with van der Waals surface area (Å²) < 4.78 is 1.82. The van der Waals surface area contributed by atoms with E-state index in [0.29, 0.717) is 31.8 Å². The Morgan fingerprint density at radius 2 is 2.07 bits per heavy atom. The van der Waals surface area contributed by atoms with Gasteiger partial charge in [-0.25, -0.2) is 0 Å². The van der Waals surface area contributed by atoms with Crippen molar-refractivity contribution in [2.45, 2.75) is 39.0 Å². The van der Waals surface area contributed by atoms with Crippen molar-refractivity contribution < 1.29 is 9.59 Å². The van der Waals surface area contributed by atoms with Crippen LogP contribution in [-0.2, 0) is 15.0 Å². The van der Waals surface area contributed by atoms with Gasteiger partial charge in [0.2, 0.25) is 11.8 Å². The molecule has 28 heavy (non-hydrogen) atoms. The molecule has 1 atom stereocenters. The molecule has 0 radical (unpaired) electrons. The maximum Gasteiger partial charge on any atom is 0.223 e. The summed E-state index contributed by atoms with van der Waals surface area (Å²) in [6.07, 6.45) is 1.01. The van der Waals surface area contributed by atoms with Gasteiger partial charge < -0.3 is 15.5 Å². The monoisotopic (exact) mass is 385 g/mol. The average molecular weight is 385 g/mol. The Morgan fingerprint density at radius 1 is 1.29 bits per heavy atom. The van der Waals surface area contributed by atoms with Crippen LogP contribution in [0.5, 0.6) is 0 Å². The zero-order valence-electron chi connectivity index (χ0n) is 16.6. The first-order valence-corrected chi connectivity index (χ1v) is 9.83. The first kappa shape index (κ1) is 18.6. The Labute approximate surface area is 163 Å². The van der Waals surface area contributed by atoms with Crippen LogP contribution in [0.4, 0.5) is 5.82 Å². The lowest BCUT2D eigenvalue weighted by Gasteiger charge is -2.40. The van der Waals surface area contributed by atoms with E-state index in [1.807, 2.05) is 16.6 Å². The molecule has 2 fully saturated rings. The van der Waals surface area contributed by atoms with Crippen LogP contribution in [0.1, 0.15) is 39.4 Å². The summed E-state index contributed by atoms with van der Waals surface area (Å²) in [5.74, 6) is 1.88. The van der Waals surface area contributed by atoms with Crippen molar-refractivity contribution in [1.82, 2.24) is 30.4 Å². The van der Waals surface area contributed by atoms with Crippen molar-refractivity contribution in [2.75, 3.05) is 31.1 Å². The second kappa shape index (κ2) is 7.03. The number of hydrogen-bond acceptors (Lipinski definition) is 6. The predicted molar refractivity (Wildman–Crippen MR) is 104 cm³/mol. The zero-order valence-corrected chi connectivity index (χ0v) is 16.6. The van der Waals surface area contributed by atoms with E-state index >= 15 is 0 Å². The third-order valence-electron chi connectivity index (χ3n) is 5.38. The number of piperidine rings is 1. The van der Waals surface area contributed by atoms with Crippen molar-refractivity contribution in [3.8, 4) is 0 Å². The highest BCUT2D eigenvalue weighted by Gasteiger charge is 2.31. The summed E-state index contributed by atoms with van der Waals surface area (Å²) in [7, 11) is 0. The molecule has 9 heteroatoms. The van der Waals surface area contributed by atoms with E-state index in [1.54, 1.807) is 0 Å². The molecule has 0 aromatic carbocycles. The molecule has 0 aliphatic carbocycles. The smallest absolute Gasteiger partial charge is 0.223 e. The molecule has 0 spiro atoms. The van der Waals surface area contributed by atoms with E-state index in [0.717, 1.165) is 30.4 Å². The molecule has 2 saturated heterocycles. The predicted octanol–water partition coefficient (Wildman–Crippen LogP) is 0.500. The molecule has 150 valence electrons. The fourth-order valence-electron chi connectivity index (χ4n) is 3.70. The standard InChI is InChI=1S/C19H27N7O2/c1-19(2,3)18-23-22-14-4-5-15(24-26(14)18)25-10-12(11-25)9-21-17(28)13-6-7-20-16(27)8-13/h4-5,12-13H,6-11H2,1-3H3,(H,20,27)(H,21,28). The number of amides is 2. The van der Waals surface area contributed by atoms with E-state index in [1.165, 1.54) is 0 Å². The van der Waals surface area contributed by atoms with Gasteiger partial charge in [-0.15, -0.1) is 15.3 Å². The SMILES string of the molecule is CC(C)(C)c1nnc2ccc(N3CC(CNC(=O)C4CCNC(=O)C4)C3)nn12. The topological polar surface area (TPSA) is 105 Å². The maximum absolute atomic E-state index is 12.3. The molecule has 4 heterocycles. The molecule has 1 unspecified atom stereocenters. The molecule has 4 rings (SSSR count). The quantitative estimate of drug-likeness (QED) is 0.794. The van der Waals surface area contributed by atoms with E-state index in [2.05, 4.69) is 46.5 Å². The highest BCUT2D eigenvalue weighted by Crippen LogP contribution is 2.25. The average Bonchev–Trinajstić information content (AvgIpc) is 3.03. The van der Waals surface area contributed by atoms with Gasteiger partial charge in [-0.05, 0) is 18.6 Å². The van der Waals surface area contributed by atoms with Gasteiger partial charge in [0.1, 0.15) is 5.82 Å². The Kier molecular flexibility index (Phi) is 4.68. The Bertz CT molecular complexity index is 895. The molecule has 2 aromatic heterocycles. The molecule has 2 amide bonds. The second-order valence-corrected chi connectivity index (χ2v) is 8.79. The second-order valence-electron chi connectivity index (χ2n) is 8.79. The van der Waals surface area contributed by atoms with Crippen LogP contribution in [0.25, 0.3) is 5.65 Å². The van der Waals surface area contributed by atoms with Crippen molar-refractivity contribution in [3.63, 3.8) is 0 Å². The van der Waals surface area contributed by atoms with Crippen molar-refractivity contribution >= 4 is 23.3 Å². The van der Waals surface area contributed by atoms with Gasteiger partial charge in [0, 0.05) is 49.9 Å². The minimum atomic E-state index is -0.196. The Hall–Kier alpha value is -2.71. The minimum Gasteiger partial charge on any atom is -0.356 e. The highest BCUT2D eigenvalue weighted by atomic mass is 16.2. The maximum atomic E-state index is 12.3. The molecule has 2 aliphatic heterocycles. The van der Waals surface area contributed by atoms with Crippen molar-refractivity contribution in [3.05, 3.63) is 18.0 Å². The van der Waals surface area contributed by atoms with Crippen molar-refractivity contribution in [1.29, 1.82) is 0 Å². The van der Waals surface area contributed by atoms with Crippen LogP contribution < -0.4 is 15.5 Å². The summed E-state index contributed by atoms with van der Waals surface area (Å²) in [5.41, 5.74) is 0.609. The minimum absolute atomic E-state index is 0.00727. The lowest BCUT2D eigenvalue weighted by atomic mass is 9.95. The molecule has 9 nitrogen and oxygen atoms in total. The molecule has 0 bridgehead atoms. The molecule has 2 aliphatic rings. The summed E-state index contributed by atoms with van der Waals surface area (Å²) in [6, 6.07) is 3.90. The number of hydrogen-bond donors (Lipinski definition) is 2. The van der Waals surface area contributed by atoms with Gasteiger partial charge >= 0.3 is 0 Å². The fraction of sp³-hybridized carbons (Fsp3) is 0.632. The summed E-state index contributed by atoms with van der Waals surface area (Å²) in [5, 5.41) is 19.0. The summed E-state index contributed by atoms with van der Waals surface area (Å²) in [4.78, 5) is 25.9. The van der Waals surface area contributed by atoms with E-state index in [4.69, 9.17) is 5.10 Å². The third kappa shape index (κ3) is 3.65. The lowest BCUT2D eigenvalue weighted by Crippen LogP contribution is -2.53. The number of anilines is 1. The van der Waals surface area contributed by atoms with Crippen LogP contribution in [-0.4, -0.2) is 57.8 Å². The Morgan fingerprint density at radius 3 is 2.79 bits per heavy atom. The Balaban J connectivity index is 1.32. The highest BCUT2D eigenvalue weighted by molar-refractivity contribution is 5.86. The number of rotatable bonds is 4. The lowest BCUT2D eigenvalue weighted by molar-refractivity contribution is -0.132. The first-order valence-electron chi connectivity index (χ1n) is 9.83. The number of nitrogens with one attached hydrogen (secondary N) is 2. The number of nitrogens with zero attached hydrogens (tertiary/aromatic N) is 5. The number of fused-ring (bicyclic) bond motifs is 1. The van der Waals surface area contributed by atoms with Gasteiger partial charge in [0.05, 0.1) is 0 Å². The molecule has 0 saturated carbocycles. The van der Waals surface area contributed by atoms with Crippen LogP contribution in [0, 0.1) is 11.8 Å². The van der Waals surface area contributed by atoms with Gasteiger partial charge in [0.25, 0.3) is 0 Å². The number of carbonyl (C=O) groups excluding carboxylic acids is 2. The largest absolute Gasteiger partial charge is 0.356 e. The molecular formula is C19H27N7O2. The zero-order chi connectivity index (χ0) is 19.9. The van der Waals surface area contributed by atoms with E-state index in [-0.39, 0.29) is 23.1 Å². The van der Waals surface area contributed by atoms with Gasteiger partial charge in [-0.1, -0.05) is 20.8 Å². The summed E-state index contributed by atoms with van der Waals surface area (Å²) in [6.45, 7) is 9.19. The van der Waals surface area contributed by atoms with Crippen molar-refractivity contribution in [2.24, 2.45) is 11.8 Å². The summed E-state index contributed by atoms with van der Waals surface area (Å²) >= 11 is 0.